The van der Waals surface area contributed by atoms with Crippen LogP contribution in [0.4, 0.5) is 4.79 Å². The standard InChI is InChI=1S/C36H44Cl2N2O9/c1-8-40(35(44)49-36(2,3)4)18-19-48-21-23-13-10-9-12-22(23)16-17-26-30(33(42)46-6)32(29-24(37)14-11-15-25(29)38)31(34(43)47-7)27(39-26)20-28(41)45-5/h9-15,32,39H,8,16-21H2,1-7H3. The van der Waals surface area contributed by atoms with Crippen LogP contribution >= 0.6 is 23.2 Å². The second-order valence-electron chi connectivity index (χ2n) is 12.1. The van der Waals surface area contributed by atoms with Crippen molar-refractivity contribution in [2.45, 2.75) is 65.1 Å². The molecule has 1 aliphatic heterocycles. The van der Waals surface area contributed by atoms with Gasteiger partial charge in [0.2, 0.25) is 0 Å². The van der Waals surface area contributed by atoms with E-state index in [1.807, 2.05) is 52.0 Å². The highest BCUT2D eigenvalue weighted by molar-refractivity contribution is 6.36. The van der Waals surface area contributed by atoms with Gasteiger partial charge in [0.25, 0.3) is 0 Å². The molecular formula is C36H44Cl2N2O9. The second-order valence-corrected chi connectivity index (χ2v) is 12.9. The number of amides is 1. The molecule has 3 rings (SSSR count). The Labute approximate surface area is 297 Å². The van der Waals surface area contributed by atoms with E-state index in [9.17, 15) is 19.2 Å². The fraction of sp³-hybridized carbons (Fsp3) is 0.444. The fourth-order valence-electron chi connectivity index (χ4n) is 5.40. The first kappa shape index (κ1) is 39.4. The van der Waals surface area contributed by atoms with Gasteiger partial charge in [-0.1, -0.05) is 53.5 Å². The molecule has 0 saturated carbocycles. The monoisotopic (exact) mass is 718 g/mol. The molecule has 0 aromatic heterocycles. The summed E-state index contributed by atoms with van der Waals surface area (Å²) in [7, 11) is 3.67. The lowest BCUT2D eigenvalue weighted by Crippen LogP contribution is -2.38. The lowest BCUT2D eigenvalue weighted by Gasteiger charge is -2.33. The zero-order valence-electron chi connectivity index (χ0n) is 28.9. The van der Waals surface area contributed by atoms with E-state index in [1.165, 1.54) is 21.3 Å². The van der Waals surface area contributed by atoms with Crippen LogP contribution < -0.4 is 5.32 Å². The van der Waals surface area contributed by atoms with Gasteiger partial charge in [0.15, 0.2) is 0 Å². The molecule has 1 atom stereocenters. The third-order valence-electron chi connectivity index (χ3n) is 7.74. The van der Waals surface area contributed by atoms with E-state index in [1.54, 1.807) is 23.1 Å². The number of ether oxygens (including phenoxy) is 5. The molecule has 13 heteroatoms. The summed E-state index contributed by atoms with van der Waals surface area (Å²) >= 11 is 13.3. The third kappa shape index (κ3) is 10.5. The molecule has 0 fully saturated rings. The molecule has 2 aromatic carbocycles. The Hall–Kier alpha value is -4.06. The van der Waals surface area contributed by atoms with Crippen molar-refractivity contribution in [2.24, 2.45) is 0 Å². The summed E-state index contributed by atoms with van der Waals surface area (Å²) in [4.78, 5) is 53.5. The Morgan fingerprint density at radius 1 is 0.816 bits per heavy atom. The van der Waals surface area contributed by atoms with Crippen molar-refractivity contribution in [1.29, 1.82) is 0 Å². The number of carbonyl (C=O) groups excluding carboxylic acids is 4. The zero-order valence-corrected chi connectivity index (χ0v) is 30.5. The van der Waals surface area contributed by atoms with Crippen molar-refractivity contribution in [3.63, 3.8) is 0 Å². The summed E-state index contributed by atoms with van der Waals surface area (Å²) in [6.45, 7) is 8.73. The summed E-state index contributed by atoms with van der Waals surface area (Å²) in [5.41, 5.74) is 2.20. The Morgan fingerprint density at radius 2 is 1.41 bits per heavy atom. The smallest absolute Gasteiger partial charge is 0.410 e. The first-order chi connectivity index (χ1) is 23.3. The molecule has 0 bridgehead atoms. The van der Waals surface area contributed by atoms with E-state index in [0.717, 1.165) is 11.1 Å². The average molecular weight is 720 g/mol. The van der Waals surface area contributed by atoms with Crippen LogP contribution in [-0.2, 0) is 51.1 Å². The normalized spacial score (nSPS) is 14.6. The number of nitrogens with zero attached hydrogens (tertiary/aromatic N) is 1. The van der Waals surface area contributed by atoms with Crippen LogP contribution in [0.2, 0.25) is 10.0 Å². The van der Waals surface area contributed by atoms with Gasteiger partial charge in [0, 0.05) is 40.1 Å². The number of benzene rings is 2. The van der Waals surface area contributed by atoms with Crippen molar-refractivity contribution in [2.75, 3.05) is 41.0 Å². The summed E-state index contributed by atoms with van der Waals surface area (Å²) in [5.74, 6) is -3.25. The van der Waals surface area contributed by atoms with Gasteiger partial charge in [0.1, 0.15) is 5.60 Å². The topological polar surface area (TPSA) is 130 Å². The number of rotatable bonds is 14. The molecule has 11 nitrogen and oxygen atoms in total. The molecule has 0 aliphatic carbocycles. The van der Waals surface area contributed by atoms with Crippen LogP contribution in [0.1, 0.15) is 63.1 Å². The Kier molecular flexibility index (Phi) is 14.5. The maximum atomic E-state index is 13.6. The summed E-state index contributed by atoms with van der Waals surface area (Å²) in [6, 6.07) is 12.5. The van der Waals surface area contributed by atoms with Gasteiger partial charge in [-0.05, 0) is 63.8 Å². The number of carbonyl (C=O) groups is 4. The minimum absolute atomic E-state index is 0.0200. The lowest BCUT2D eigenvalue weighted by molar-refractivity contribution is -0.139. The number of allylic oxidation sites excluding steroid dienone is 1. The number of nitrogens with one attached hydrogen (secondary N) is 1. The Bertz CT molecular complexity index is 1580. The van der Waals surface area contributed by atoms with E-state index < -0.39 is 35.5 Å². The summed E-state index contributed by atoms with van der Waals surface area (Å²) < 4.78 is 26.7. The third-order valence-corrected chi connectivity index (χ3v) is 8.40. The molecule has 2 aromatic rings. The van der Waals surface area contributed by atoms with Crippen LogP contribution in [0.5, 0.6) is 0 Å². The molecule has 0 saturated heterocycles. The van der Waals surface area contributed by atoms with Crippen LogP contribution in [0.25, 0.3) is 0 Å². The van der Waals surface area contributed by atoms with E-state index in [0.29, 0.717) is 31.8 Å². The van der Waals surface area contributed by atoms with Gasteiger partial charge < -0.3 is 33.9 Å². The molecule has 1 heterocycles. The number of methoxy groups -OCH3 is 3. The van der Waals surface area contributed by atoms with Gasteiger partial charge in [-0.3, -0.25) is 4.79 Å². The van der Waals surface area contributed by atoms with Crippen molar-refractivity contribution in [1.82, 2.24) is 10.2 Å². The quantitative estimate of drug-likeness (QED) is 0.131. The predicted molar refractivity (Wildman–Crippen MR) is 185 cm³/mol. The van der Waals surface area contributed by atoms with Crippen LogP contribution in [0.15, 0.2) is 65.0 Å². The number of hydrogen-bond acceptors (Lipinski definition) is 10. The zero-order chi connectivity index (χ0) is 36.3. The van der Waals surface area contributed by atoms with E-state index in [-0.39, 0.29) is 51.9 Å². The number of likely N-dealkylation sites (N-methyl/N-ethyl adjacent to an activating group) is 1. The van der Waals surface area contributed by atoms with Gasteiger partial charge in [-0.15, -0.1) is 0 Å². The highest BCUT2D eigenvalue weighted by Gasteiger charge is 2.41. The first-order valence-electron chi connectivity index (χ1n) is 15.8. The maximum Gasteiger partial charge on any atom is 0.410 e. The Morgan fingerprint density at radius 3 is 1.96 bits per heavy atom. The number of hydrogen-bond donors (Lipinski definition) is 1. The van der Waals surface area contributed by atoms with Crippen LogP contribution in [0, 0.1) is 0 Å². The first-order valence-corrected chi connectivity index (χ1v) is 16.5. The van der Waals surface area contributed by atoms with Gasteiger partial charge >= 0.3 is 24.0 Å². The van der Waals surface area contributed by atoms with Crippen molar-refractivity contribution < 1.29 is 42.9 Å². The molecule has 0 spiro atoms. The fourth-order valence-corrected chi connectivity index (χ4v) is 6.02. The SMILES string of the molecule is CCN(CCOCc1ccccc1CCC1=C(C(=O)OC)C(c2c(Cl)cccc2Cl)C(C(=O)OC)=C(CC(=O)OC)N1)C(=O)OC(C)(C)C. The maximum absolute atomic E-state index is 13.6. The molecule has 1 N–H and O–H groups in total. The van der Waals surface area contributed by atoms with E-state index in [2.05, 4.69) is 5.32 Å². The Balaban J connectivity index is 1.96. The molecule has 1 amide bonds. The van der Waals surface area contributed by atoms with E-state index >= 15 is 0 Å². The molecule has 1 aliphatic rings. The van der Waals surface area contributed by atoms with Crippen molar-refractivity contribution in [3.8, 4) is 0 Å². The minimum atomic E-state index is -1.12. The van der Waals surface area contributed by atoms with Gasteiger partial charge in [-0.25, -0.2) is 14.4 Å². The number of halogens is 2. The summed E-state index contributed by atoms with van der Waals surface area (Å²) in [5, 5.41) is 3.57. The minimum Gasteiger partial charge on any atom is -0.469 e. The second kappa shape index (κ2) is 18.1. The molecule has 0 radical (unpaired) electrons. The van der Waals surface area contributed by atoms with Crippen molar-refractivity contribution in [3.05, 3.63) is 91.7 Å². The van der Waals surface area contributed by atoms with Gasteiger partial charge in [0.05, 0.1) is 58.0 Å². The predicted octanol–water partition coefficient (Wildman–Crippen LogP) is 6.50. The molecule has 49 heavy (non-hydrogen) atoms. The average Bonchev–Trinajstić information content (AvgIpc) is 3.06. The van der Waals surface area contributed by atoms with Crippen LogP contribution in [0.3, 0.4) is 0 Å². The molecular weight excluding hydrogens is 675 g/mol. The number of esters is 3. The van der Waals surface area contributed by atoms with Crippen molar-refractivity contribution >= 4 is 47.2 Å². The molecule has 1 unspecified atom stereocenters. The largest absolute Gasteiger partial charge is 0.469 e. The highest BCUT2D eigenvalue weighted by atomic mass is 35.5. The van der Waals surface area contributed by atoms with Gasteiger partial charge in [-0.2, -0.15) is 0 Å². The highest BCUT2D eigenvalue weighted by Crippen LogP contribution is 2.46. The lowest BCUT2D eigenvalue weighted by atomic mass is 9.78. The molecule has 266 valence electrons. The van der Waals surface area contributed by atoms with E-state index in [4.69, 9.17) is 46.9 Å². The summed E-state index contributed by atoms with van der Waals surface area (Å²) in [6.07, 6.45) is -0.0221. The number of dihydropyridines is 1. The number of aryl methyl sites for hydroxylation is 1. The van der Waals surface area contributed by atoms with Crippen LogP contribution in [-0.4, -0.2) is 75.5 Å².